The lowest BCUT2D eigenvalue weighted by Crippen LogP contribution is -2.18. The molecule has 0 aromatic heterocycles. The first-order valence-electron chi connectivity index (χ1n) is 5.53. The summed E-state index contributed by atoms with van der Waals surface area (Å²) in [6.07, 6.45) is -4.62. The fourth-order valence-electron chi connectivity index (χ4n) is 1.51. The van der Waals surface area contributed by atoms with Crippen LogP contribution in [0.1, 0.15) is 30.5 Å². The maximum absolute atomic E-state index is 12.6. The van der Waals surface area contributed by atoms with Crippen molar-refractivity contribution in [1.29, 1.82) is 0 Å². The van der Waals surface area contributed by atoms with Crippen molar-refractivity contribution < 1.29 is 22.7 Å². The molecule has 2 N–H and O–H groups in total. The number of benzene rings is 1. The van der Waals surface area contributed by atoms with E-state index in [1.165, 1.54) is 6.07 Å². The molecule has 0 radical (unpaired) electrons. The van der Waals surface area contributed by atoms with E-state index >= 15 is 0 Å². The van der Waals surface area contributed by atoms with Gasteiger partial charge in [0.1, 0.15) is 0 Å². The SMILES string of the molecule is CCOC(=O)C[C@H](N)c1cc(Br)cc(C(F)(F)F)c1.Cl. The fourth-order valence-corrected chi connectivity index (χ4v) is 2.02. The molecule has 0 aliphatic heterocycles. The molecule has 0 amide bonds. The molecule has 3 nitrogen and oxygen atoms in total. The summed E-state index contributed by atoms with van der Waals surface area (Å²) in [5.41, 5.74) is 5.14. The van der Waals surface area contributed by atoms with Crippen molar-refractivity contribution in [3.63, 3.8) is 0 Å². The summed E-state index contributed by atoms with van der Waals surface area (Å²) in [6.45, 7) is 1.85. The maximum atomic E-state index is 12.6. The number of halogens is 5. The number of hydrogen-bond donors (Lipinski definition) is 1. The van der Waals surface area contributed by atoms with Crippen molar-refractivity contribution in [3.8, 4) is 0 Å². The third-order valence-electron chi connectivity index (χ3n) is 2.37. The highest BCUT2D eigenvalue weighted by Crippen LogP contribution is 2.33. The zero-order valence-corrected chi connectivity index (χ0v) is 12.9. The maximum Gasteiger partial charge on any atom is 0.416 e. The molecular formula is C12H14BrClF3NO2. The zero-order chi connectivity index (χ0) is 14.6. The highest BCUT2D eigenvalue weighted by Gasteiger charge is 2.31. The Balaban J connectivity index is 0.00000361. The van der Waals surface area contributed by atoms with Crippen molar-refractivity contribution in [2.45, 2.75) is 25.6 Å². The Bertz CT molecular complexity index is 469. The first-order chi connectivity index (χ1) is 8.74. The van der Waals surface area contributed by atoms with Gasteiger partial charge in [0.05, 0.1) is 18.6 Å². The first-order valence-corrected chi connectivity index (χ1v) is 6.32. The van der Waals surface area contributed by atoms with E-state index in [4.69, 9.17) is 10.5 Å². The lowest BCUT2D eigenvalue weighted by Gasteiger charge is -2.14. The van der Waals surface area contributed by atoms with Crippen molar-refractivity contribution in [3.05, 3.63) is 33.8 Å². The number of ether oxygens (including phenoxy) is 1. The number of esters is 1. The number of nitrogens with two attached hydrogens (primary N) is 1. The standard InChI is InChI=1S/C12H13BrF3NO2.ClH/c1-2-19-11(18)6-10(17)7-3-8(12(14,15)16)5-9(13)4-7;/h3-5,10H,2,6,17H2,1H3;1H/t10-;/m0./s1. The average molecular weight is 377 g/mol. The van der Waals surface area contributed by atoms with Crippen molar-refractivity contribution >= 4 is 34.3 Å². The molecule has 1 aromatic rings. The monoisotopic (exact) mass is 375 g/mol. The molecule has 8 heteroatoms. The smallest absolute Gasteiger partial charge is 0.416 e. The van der Waals surface area contributed by atoms with E-state index in [1.54, 1.807) is 6.92 Å². The van der Waals surface area contributed by atoms with Crippen LogP contribution >= 0.6 is 28.3 Å². The van der Waals surface area contributed by atoms with Gasteiger partial charge in [-0.25, -0.2) is 0 Å². The fraction of sp³-hybridized carbons (Fsp3) is 0.417. The van der Waals surface area contributed by atoms with E-state index in [-0.39, 0.29) is 35.5 Å². The van der Waals surface area contributed by atoms with Crippen LogP contribution in [0.25, 0.3) is 0 Å². The number of rotatable bonds is 4. The Labute approximate surface area is 129 Å². The normalized spacial score (nSPS) is 12.5. The van der Waals surface area contributed by atoms with Gasteiger partial charge in [-0.1, -0.05) is 15.9 Å². The predicted molar refractivity (Wildman–Crippen MR) is 74.6 cm³/mol. The van der Waals surface area contributed by atoms with Crippen LogP contribution in [0.4, 0.5) is 13.2 Å². The molecule has 0 saturated heterocycles. The number of alkyl halides is 3. The van der Waals surface area contributed by atoms with Crippen molar-refractivity contribution in [1.82, 2.24) is 0 Å². The molecule has 20 heavy (non-hydrogen) atoms. The van der Waals surface area contributed by atoms with Crippen LogP contribution in [0.2, 0.25) is 0 Å². The van der Waals surface area contributed by atoms with Gasteiger partial charge in [0, 0.05) is 10.5 Å². The Morgan fingerprint density at radius 3 is 2.50 bits per heavy atom. The van der Waals surface area contributed by atoms with Gasteiger partial charge < -0.3 is 10.5 Å². The van der Waals surface area contributed by atoms with E-state index in [2.05, 4.69) is 15.9 Å². The van der Waals surface area contributed by atoms with Gasteiger partial charge in [0.2, 0.25) is 0 Å². The molecule has 0 aliphatic carbocycles. The molecule has 0 aliphatic rings. The van der Waals surface area contributed by atoms with Crippen LogP contribution in [0.5, 0.6) is 0 Å². The van der Waals surface area contributed by atoms with Gasteiger partial charge in [-0.05, 0) is 30.7 Å². The topological polar surface area (TPSA) is 52.3 Å². The molecule has 1 rings (SSSR count). The second-order valence-electron chi connectivity index (χ2n) is 3.89. The molecule has 114 valence electrons. The molecule has 0 unspecified atom stereocenters. The minimum Gasteiger partial charge on any atom is -0.466 e. The zero-order valence-electron chi connectivity index (χ0n) is 10.5. The largest absolute Gasteiger partial charge is 0.466 e. The number of carbonyl (C=O) groups is 1. The lowest BCUT2D eigenvalue weighted by molar-refractivity contribution is -0.143. The van der Waals surface area contributed by atoms with Crippen molar-refractivity contribution in [2.75, 3.05) is 6.61 Å². The molecule has 1 atom stereocenters. The van der Waals surface area contributed by atoms with Gasteiger partial charge >= 0.3 is 12.1 Å². The van der Waals surface area contributed by atoms with E-state index in [0.29, 0.717) is 0 Å². The van der Waals surface area contributed by atoms with E-state index < -0.39 is 23.8 Å². The first kappa shape index (κ1) is 19.2. The van der Waals surface area contributed by atoms with Gasteiger partial charge in [-0.2, -0.15) is 13.2 Å². The summed E-state index contributed by atoms with van der Waals surface area (Å²) in [5.74, 6) is -0.538. The van der Waals surface area contributed by atoms with E-state index in [9.17, 15) is 18.0 Å². The van der Waals surface area contributed by atoms with Crippen LogP contribution in [-0.4, -0.2) is 12.6 Å². The van der Waals surface area contributed by atoms with Crippen molar-refractivity contribution in [2.24, 2.45) is 5.73 Å². The van der Waals surface area contributed by atoms with Crippen LogP contribution in [0.15, 0.2) is 22.7 Å². The lowest BCUT2D eigenvalue weighted by atomic mass is 10.0. The van der Waals surface area contributed by atoms with E-state index in [1.807, 2.05) is 0 Å². The minimum absolute atomic E-state index is 0. The summed E-state index contributed by atoms with van der Waals surface area (Å²) >= 11 is 3.00. The number of hydrogen-bond acceptors (Lipinski definition) is 3. The Morgan fingerprint density at radius 1 is 1.40 bits per heavy atom. The van der Waals surface area contributed by atoms with Gasteiger partial charge in [-0.15, -0.1) is 12.4 Å². The summed E-state index contributed by atoms with van der Waals surface area (Å²) in [5, 5.41) is 0. The minimum atomic E-state index is -4.46. The molecule has 0 spiro atoms. The van der Waals surface area contributed by atoms with Crippen LogP contribution in [0.3, 0.4) is 0 Å². The molecule has 0 saturated carbocycles. The highest BCUT2D eigenvalue weighted by atomic mass is 79.9. The Kier molecular flexibility index (Phi) is 7.54. The Morgan fingerprint density at radius 2 is 2.00 bits per heavy atom. The third-order valence-corrected chi connectivity index (χ3v) is 2.83. The van der Waals surface area contributed by atoms with Gasteiger partial charge in [-0.3, -0.25) is 4.79 Å². The predicted octanol–water partition coefficient (Wildman–Crippen LogP) is 3.84. The van der Waals surface area contributed by atoms with Crippen LogP contribution < -0.4 is 5.73 Å². The molecule has 0 bridgehead atoms. The second kappa shape index (κ2) is 7.85. The van der Waals surface area contributed by atoms with Gasteiger partial charge in [0.15, 0.2) is 0 Å². The van der Waals surface area contributed by atoms with Crippen LogP contribution in [0, 0.1) is 0 Å². The quantitative estimate of drug-likeness (QED) is 0.812. The summed E-state index contributed by atoms with van der Waals surface area (Å²) in [6, 6.07) is 2.52. The molecule has 0 heterocycles. The summed E-state index contributed by atoms with van der Waals surface area (Å²) in [4.78, 5) is 11.3. The average Bonchev–Trinajstić information content (AvgIpc) is 2.27. The van der Waals surface area contributed by atoms with Gasteiger partial charge in [0.25, 0.3) is 0 Å². The third kappa shape index (κ3) is 5.68. The summed E-state index contributed by atoms with van der Waals surface area (Å²) < 4.78 is 42.9. The second-order valence-corrected chi connectivity index (χ2v) is 4.80. The molecular weight excluding hydrogens is 362 g/mol. The van der Waals surface area contributed by atoms with E-state index in [0.717, 1.165) is 12.1 Å². The highest BCUT2D eigenvalue weighted by molar-refractivity contribution is 9.10. The molecule has 1 aromatic carbocycles. The Hall–Kier alpha value is -0.790. The van der Waals surface area contributed by atoms with Crippen LogP contribution in [-0.2, 0) is 15.7 Å². The molecule has 0 fully saturated rings. The number of carbonyl (C=O) groups excluding carboxylic acids is 1. The summed E-state index contributed by atoms with van der Waals surface area (Å²) in [7, 11) is 0.